The summed E-state index contributed by atoms with van der Waals surface area (Å²) in [5, 5.41) is 9.20. The summed E-state index contributed by atoms with van der Waals surface area (Å²) in [4.78, 5) is 25.5. The van der Waals surface area contributed by atoms with E-state index < -0.39 is 23.6 Å². The Kier molecular flexibility index (Phi) is 4.51. The van der Waals surface area contributed by atoms with E-state index in [0.717, 1.165) is 12.1 Å². The van der Waals surface area contributed by atoms with Crippen molar-refractivity contribution < 1.29 is 27.9 Å². The minimum Gasteiger partial charge on any atom is -0.481 e. The van der Waals surface area contributed by atoms with Gasteiger partial charge in [0.1, 0.15) is 0 Å². The highest BCUT2D eigenvalue weighted by molar-refractivity contribution is 5.84. The number of carbonyl (C=O) groups is 2. The molecule has 3 rings (SSSR count). The molecule has 1 aromatic rings. The van der Waals surface area contributed by atoms with Gasteiger partial charge in [-0.25, -0.2) is 0 Å². The number of benzene rings is 1. The van der Waals surface area contributed by atoms with Crippen LogP contribution in [0.2, 0.25) is 0 Å². The average molecular weight is 355 g/mol. The summed E-state index contributed by atoms with van der Waals surface area (Å²) in [6, 6.07) is 5.11. The second kappa shape index (κ2) is 6.35. The lowest BCUT2D eigenvalue weighted by Gasteiger charge is -2.35. The van der Waals surface area contributed by atoms with Gasteiger partial charge >= 0.3 is 12.1 Å². The smallest absolute Gasteiger partial charge is 0.416 e. The van der Waals surface area contributed by atoms with Crippen molar-refractivity contribution in [1.29, 1.82) is 0 Å². The van der Waals surface area contributed by atoms with Crippen molar-refractivity contribution in [3.8, 4) is 0 Å². The van der Waals surface area contributed by atoms with E-state index in [1.165, 1.54) is 6.07 Å². The van der Waals surface area contributed by atoms with Crippen LogP contribution in [0, 0.1) is 17.8 Å². The topological polar surface area (TPSA) is 57.6 Å². The molecule has 136 valence electrons. The third-order valence-electron chi connectivity index (χ3n) is 5.07. The van der Waals surface area contributed by atoms with E-state index in [4.69, 9.17) is 0 Å². The monoisotopic (exact) mass is 355 g/mol. The minimum absolute atomic E-state index is 0.101. The maximum Gasteiger partial charge on any atom is 0.416 e. The number of nitrogens with zero attached hydrogens (tertiary/aromatic N) is 1. The van der Waals surface area contributed by atoms with Gasteiger partial charge in [0.05, 0.1) is 11.5 Å². The molecule has 0 radical (unpaired) electrons. The van der Waals surface area contributed by atoms with Crippen LogP contribution in [0.4, 0.5) is 13.2 Å². The second-order valence-electron chi connectivity index (χ2n) is 7.19. The number of aliphatic carboxylic acids is 1. The van der Waals surface area contributed by atoms with Crippen LogP contribution in [0.15, 0.2) is 24.3 Å². The molecule has 1 aliphatic carbocycles. The van der Waals surface area contributed by atoms with Gasteiger partial charge in [-0.05, 0) is 36.3 Å². The van der Waals surface area contributed by atoms with Crippen LogP contribution >= 0.6 is 0 Å². The average Bonchev–Trinajstić information content (AvgIpc) is 3.33. The van der Waals surface area contributed by atoms with Crippen LogP contribution in [0.25, 0.3) is 0 Å². The Bertz CT molecular complexity index is 688. The molecule has 0 aromatic heterocycles. The number of alkyl halides is 3. The fraction of sp³-hybridized carbons (Fsp3) is 0.556. The molecule has 25 heavy (non-hydrogen) atoms. The standard InChI is InChI=1S/C18H20F3NO3/c1-10-5-12(17(24)25)9-22(8-10)16(23)15-7-14(15)11-3-2-4-13(6-11)18(19,20)21/h2-4,6,10,12,14-15H,5,7-9H2,1H3,(H,24,25). The highest BCUT2D eigenvalue weighted by atomic mass is 19.4. The van der Waals surface area contributed by atoms with Crippen molar-refractivity contribution in [2.45, 2.75) is 31.9 Å². The van der Waals surface area contributed by atoms with E-state index in [-0.39, 0.29) is 30.2 Å². The lowest BCUT2D eigenvalue weighted by Crippen LogP contribution is -2.46. The van der Waals surface area contributed by atoms with Gasteiger partial charge in [0, 0.05) is 19.0 Å². The van der Waals surface area contributed by atoms with Crippen LogP contribution in [0.5, 0.6) is 0 Å². The molecule has 0 bridgehead atoms. The van der Waals surface area contributed by atoms with Crippen molar-refractivity contribution in [2.24, 2.45) is 17.8 Å². The Morgan fingerprint density at radius 2 is 1.92 bits per heavy atom. The molecule has 4 atom stereocenters. The molecule has 2 fully saturated rings. The first-order chi connectivity index (χ1) is 11.7. The van der Waals surface area contributed by atoms with Crippen molar-refractivity contribution in [3.05, 3.63) is 35.4 Å². The van der Waals surface area contributed by atoms with Gasteiger partial charge in [-0.2, -0.15) is 13.2 Å². The van der Waals surface area contributed by atoms with Crippen molar-refractivity contribution in [2.75, 3.05) is 13.1 Å². The number of piperidine rings is 1. The van der Waals surface area contributed by atoms with Crippen LogP contribution in [0.1, 0.15) is 36.8 Å². The van der Waals surface area contributed by atoms with Crippen LogP contribution in [-0.2, 0) is 15.8 Å². The second-order valence-corrected chi connectivity index (χ2v) is 7.19. The summed E-state index contributed by atoms with van der Waals surface area (Å²) < 4.78 is 38.5. The Morgan fingerprint density at radius 3 is 2.56 bits per heavy atom. The third kappa shape index (κ3) is 3.80. The molecule has 2 aliphatic rings. The van der Waals surface area contributed by atoms with Gasteiger partial charge in [-0.3, -0.25) is 9.59 Å². The van der Waals surface area contributed by atoms with Crippen molar-refractivity contribution in [1.82, 2.24) is 4.90 Å². The molecule has 4 unspecified atom stereocenters. The quantitative estimate of drug-likeness (QED) is 0.904. The fourth-order valence-electron chi connectivity index (χ4n) is 3.73. The molecule has 0 spiro atoms. The van der Waals surface area contributed by atoms with Crippen LogP contribution < -0.4 is 0 Å². The predicted molar refractivity (Wildman–Crippen MR) is 83.8 cm³/mol. The van der Waals surface area contributed by atoms with E-state index in [1.54, 1.807) is 11.0 Å². The molecule has 7 heteroatoms. The Balaban J connectivity index is 1.69. The van der Waals surface area contributed by atoms with Gasteiger partial charge < -0.3 is 10.0 Å². The van der Waals surface area contributed by atoms with E-state index >= 15 is 0 Å². The maximum atomic E-state index is 12.8. The van der Waals surface area contributed by atoms with Gasteiger partial charge in [0.2, 0.25) is 5.91 Å². The van der Waals surface area contributed by atoms with Gasteiger partial charge in [0.15, 0.2) is 0 Å². The summed E-state index contributed by atoms with van der Waals surface area (Å²) >= 11 is 0. The molecule has 1 aromatic carbocycles. The zero-order chi connectivity index (χ0) is 18.4. The van der Waals surface area contributed by atoms with Crippen molar-refractivity contribution >= 4 is 11.9 Å². The first-order valence-corrected chi connectivity index (χ1v) is 8.35. The molecule has 4 nitrogen and oxygen atoms in total. The Hall–Kier alpha value is -2.05. The highest BCUT2D eigenvalue weighted by Crippen LogP contribution is 2.49. The normalized spacial score (nSPS) is 29.4. The molecule has 1 saturated carbocycles. The number of likely N-dealkylation sites (tertiary alicyclic amines) is 1. The summed E-state index contributed by atoms with van der Waals surface area (Å²) in [5.41, 5.74) is -0.186. The first kappa shape index (κ1) is 17.8. The summed E-state index contributed by atoms with van der Waals surface area (Å²) in [6.45, 7) is 2.60. The number of halogens is 3. The molecule has 1 N–H and O–H groups in total. The third-order valence-corrected chi connectivity index (χ3v) is 5.07. The van der Waals surface area contributed by atoms with Gasteiger partial charge in [-0.15, -0.1) is 0 Å². The number of rotatable bonds is 3. The number of carboxylic acid groups (broad SMARTS) is 1. The summed E-state index contributed by atoms with van der Waals surface area (Å²) in [6.07, 6.45) is -3.34. The fourth-order valence-corrected chi connectivity index (χ4v) is 3.73. The molecule has 1 saturated heterocycles. The number of carboxylic acids is 1. The highest BCUT2D eigenvalue weighted by Gasteiger charge is 2.47. The number of amides is 1. The zero-order valence-corrected chi connectivity index (χ0v) is 13.8. The van der Waals surface area contributed by atoms with Crippen molar-refractivity contribution in [3.63, 3.8) is 0 Å². The predicted octanol–water partition coefficient (Wildman–Crippen LogP) is 3.38. The number of carbonyl (C=O) groups excluding carboxylic acids is 1. The minimum atomic E-state index is -4.40. The zero-order valence-electron chi connectivity index (χ0n) is 13.8. The van der Waals surface area contributed by atoms with E-state index in [1.807, 2.05) is 6.92 Å². The summed E-state index contributed by atoms with van der Waals surface area (Å²) in [7, 11) is 0. The SMILES string of the molecule is CC1CC(C(=O)O)CN(C(=O)C2CC2c2cccc(C(F)(F)F)c2)C1. The van der Waals surface area contributed by atoms with E-state index in [0.29, 0.717) is 24.9 Å². The van der Waals surface area contributed by atoms with E-state index in [9.17, 15) is 27.9 Å². The van der Waals surface area contributed by atoms with Crippen LogP contribution in [-0.4, -0.2) is 35.0 Å². The Labute approximate surface area is 143 Å². The molecular weight excluding hydrogens is 335 g/mol. The summed E-state index contributed by atoms with van der Waals surface area (Å²) in [5.74, 6) is -2.07. The molecule has 1 aliphatic heterocycles. The molecule has 1 amide bonds. The molecule has 1 heterocycles. The maximum absolute atomic E-state index is 12.8. The van der Waals surface area contributed by atoms with Gasteiger partial charge in [-0.1, -0.05) is 25.1 Å². The molecular formula is C18H20F3NO3. The number of hydrogen-bond acceptors (Lipinski definition) is 2. The number of hydrogen-bond donors (Lipinski definition) is 1. The lowest BCUT2D eigenvalue weighted by molar-refractivity contribution is -0.147. The largest absolute Gasteiger partial charge is 0.481 e. The lowest BCUT2D eigenvalue weighted by atomic mass is 9.90. The van der Waals surface area contributed by atoms with Gasteiger partial charge in [0.25, 0.3) is 0 Å². The first-order valence-electron chi connectivity index (χ1n) is 8.35. The van der Waals surface area contributed by atoms with Crippen LogP contribution in [0.3, 0.4) is 0 Å². The van der Waals surface area contributed by atoms with E-state index in [2.05, 4.69) is 0 Å². The Morgan fingerprint density at radius 1 is 1.20 bits per heavy atom.